The van der Waals surface area contributed by atoms with Crippen LogP contribution in [-0.4, -0.2) is 33.1 Å². The number of aromatic nitrogens is 3. The fourth-order valence-corrected chi connectivity index (χ4v) is 5.19. The van der Waals surface area contributed by atoms with E-state index in [0.717, 1.165) is 24.0 Å². The SMILES string of the molecule is Nc1sc2c(c1C(=O)NC1CC1)CCC(c1ccccc1)(c1cn[nH]n1)C2=O. The summed E-state index contributed by atoms with van der Waals surface area (Å²) in [5.41, 5.74) is 7.97. The maximum absolute atomic E-state index is 13.8. The standard InChI is InChI=1S/C20H19N5O2S/c21-18-15(19(27)23-12-6-7-12)13-8-9-20(14-10-22-25-24-14,17(26)16(13)28-18)11-4-2-1-3-5-11/h1-5,10,12H,6-9,21H2,(H,23,27)(H,22,24,25). The normalized spacial score (nSPS) is 21.4. The number of H-pyrrole nitrogens is 1. The Morgan fingerprint density at radius 3 is 2.75 bits per heavy atom. The number of fused-ring (bicyclic) bond motifs is 1. The van der Waals surface area contributed by atoms with Crippen LogP contribution in [0.3, 0.4) is 0 Å². The van der Waals surface area contributed by atoms with Gasteiger partial charge in [-0.1, -0.05) is 30.3 Å². The summed E-state index contributed by atoms with van der Waals surface area (Å²) in [5.74, 6) is -0.241. The van der Waals surface area contributed by atoms with Crippen molar-refractivity contribution in [2.75, 3.05) is 5.73 Å². The molecule has 2 aliphatic rings. The molecule has 1 fully saturated rings. The zero-order valence-electron chi connectivity index (χ0n) is 15.1. The van der Waals surface area contributed by atoms with Crippen LogP contribution in [0.5, 0.6) is 0 Å². The van der Waals surface area contributed by atoms with Gasteiger partial charge >= 0.3 is 0 Å². The van der Waals surface area contributed by atoms with Crippen molar-refractivity contribution in [3.63, 3.8) is 0 Å². The predicted molar refractivity (Wildman–Crippen MR) is 105 cm³/mol. The summed E-state index contributed by atoms with van der Waals surface area (Å²) in [7, 11) is 0. The van der Waals surface area contributed by atoms with E-state index in [1.54, 1.807) is 6.20 Å². The molecule has 2 aliphatic carbocycles. The second-order valence-corrected chi connectivity index (χ2v) is 8.40. The first-order valence-corrected chi connectivity index (χ1v) is 10.1. The molecule has 7 nitrogen and oxygen atoms in total. The molecule has 0 bridgehead atoms. The number of amides is 1. The molecule has 0 aliphatic heterocycles. The molecule has 1 saturated carbocycles. The number of nitrogen functional groups attached to an aromatic ring is 1. The van der Waals surface area contributed by atoms with E-state index in [9.17, 15) is 9.59 Å². The van der Waals surface area contributed by atoms with Crippen LogP contribution in [0.25, 0.3) is 0 Å². The Morgan fingerprint density at radius 1 is 1.29 bits per heavy atom. The molecular formula is C20H19N5O2S. The second-order valence-electron chi connectivity index (χ2n) is 7.35. The molecule has 4 N–H and O–H groups in total. The largest absolute Gasteiger partial charge is 0.390 e. The smallest absolute Gasteiger partial charge is 0.254 e. The second kappa shape index (κ2) is 6.27. The number of hydrogen-bond donors (Lipinski definition) is 3. The van der Waals surface area contributed by atoms with Gasteiger partial charge in [-0.15, -0.1) is 11.3 Å². The number of nitrogens with one attached hydrogen (secondary N) is 2. The highest BCUT2D eigenvalue weighted by Gasteiger charge is 2.49. The molecule has 142 valence electrons. The van der Waals surface area contributed by atoms with Crippen molar-refractivity contribution >= 4 is 28.0 Å². The number of benzene rings is 1. The molecule has 1 aromatic carbocycles. The maximum Gasteiger partial charge on any atom is 0.254 e. The van der Waals surface area contributed by atoms with Crippen molar-refractivity contribution in [3.05, 3.63) is 63.8 Å². The van der Waals surface area contributed by atoms with Gasteiger partial charge in [-0.25, -0.2) is 0 Å². The van der Waals surface area contributed by atoms with Crippen molar-refractivity contribution in [1.82, 2.24) is 20.7 Å². The topological polar surface area (TPSA) is 114 Å². The van der Waals surface area contributed by atoms with Crippen molar-refractivity contribution in [3.8, 4) is 0 Å². The van der Waals surface area contributed by atoms with Gasteiger partial charge in [0.05, 0.1) is 21.6 Å². The van der Waals surface area contributed by atoms with Crippen molar-refractivity contribution < 1.29 is 9.59 Å². The van der Waals surface area contributed by atoms with Gasteiger partial charge in [-0.2, -0.15) is 15.4 Å². The van der Waals surface area contributed by atoms with E-state index < -0.39 is 5.41 Å². The van der Waals surface area contributed by atoms with Gasteiger partial charge in [-0.05, 0) is 36.8 Å². The van der Waals surface area contributed by atoms with Crippen molar-refractivity contribution in [2.45, 2.75) is 37.1 Å². The minimum absolute atomic E-state index is 0.0731. The van der Waals surface area contributed by atoms with Gasteiger partial charge in [-0.3, -0.25) is 9.59 Å². The molecule has 1 unspecified atom stereocenters. The Morgan fingerprint density at radius 2 is 2.07 bits per heavy atom. The fraction of sp³-hybridized carbons (Fsp3) is 0.300. The Kier molecular flexibility index (Phi) is 3.83. The predicted octanol–water partition coefficient (Wildman–Crippen LogP) is 2.46. The van der Waals surface area contributed by atoms with Crippen LogP contribution in [-0.2, 0) is 11.8 Å². The Balaban J connectivity index is 1.63. The van der Waals surface area contributed by atoms with Gasteiger partial charge in [0.1, 0.15) is 11.1 Å². The van der Waals surface area contributed by atoms with Crippen LogP contribution in [0.1, 0.15) is 56.1 Å². The number of rotatable bonds is 4. The number of carbonyl (C=O) groups excluding carboxylic acids is 2. The number of ketones is 1. The lowest BCUT2D eigenvalue weighted by Gasteiger charge is -2.34. The third-order valence-corrected chi connectivity index (χ3v) is 6.70. The number of aromatic amines is 1. The summed E-state index contributed by atoms with van der Waals surface area (Å²) >= 11 is 1.20. The molecule has 0 saturated heterocycles. The summed E-state index contributed by atoms with van der Waals surface area (Å²) in [4.78, 5) is 27.0. The molecule has 28 heavy (non-hydrogen) atoms. The third kappa shape index (κ3) is 2.48. The van der Waals surface area contributed by atoms with E-state index in [1.165, 1.54) is 11.3 Å². The number of anilines is 1. The van der Waals surface area contributed by atoms with E-state index in [-0.39, 0.29) is 17.7 Å². The molecule has 0 spiro atoms. The molecule has 1 atom stereocenters. The molecule has 8 heteroatoms. The molecule has 2 heterocycles. The number of Topliss-reactive ketones (excluding diaryl/α,β-unsaturated/α-hetero) is 1. The summed E-state index contributed by atoms with van der Waals surface area (Å²) in [6.07, 6.45) is 4.69. The maximum atomic E-state index is 13.8. The summed E-state index contributed by atoms with van der Waals surface area (Å²) < 4.78 is 0. The lowest BCUT2D eigenvalue weighted by molar-refractivity contribution is 0.0894. The third-order valence-electron chi connectivity index (χ3n) is 5.64. The van der Waals surface area contributed by atoms with E-state index in [2.05, 4.69) is 20.7 Å². The lowest BCUT2D eigenvalue weighted by Crippen LogP contribution is -2.41. The van der Waals surface area contributed by atoms with Crippen LogP contribution >= 0.6 is 11.3 Å². The minimum Gasteiger partial charge on any atom is -0.390 e. The number of nitrogens with two attached hydrogens (primary N) is 1. The monoisotopic (exact) mass is 393 g/mol. The zero-order chi connectivity index (χ0) is 19.3. The van der Waals surface area contributed by atoms with E-state index in [0.29, 0.717) is 34.0 Å². The zero-order valence-corrected chi connectivity index (χ0v) is 15.9. The highest BCUT2D eigenvalue weighted by molar-refractivity contribution is 7.18. The van der Waals surface area contributed by atoms with Gasteiger partial charge in [0, 0.05) is 6.04 Å². The van der Waals surface area contributed by atoms with Gasteiger partial charge in [0.25, 0.3) is 5.91 Å². The van der Waals surface area contributed by atoms with E-state index in [4.69, 9.17) is 5.73 Å². The fourth-order valence-electron chi connectivity index (χ4n) is 4.06. The molecular weight excluding hydrogens is 374 g/mol. The molecule has 0 radical (unpaired) electrons. The van der Waals surface area contributed by atoms with Crippen molar-refractivity contribution in [1.29, 1.82) is 0 Å². The first kappa shape index (κ1) is 17.1. The number of hydrogen-bond acceptors (Lipinski definition) is 6. The van der Waals surface area contributed by atoms with Gasteiger partial charge in [0.2, 0.25) is 0 Å². The summed E-state index contributed by atoms with van der Waals surface area (Å²) in [6, 6.07) is 9.86. The minimum atomic E-state index is -0.928. The molecule has 1 amide bonds. The number of carbonyl (C=O) groups is 2. The van der Waals surface area contributed by atoms with E-state index in [1.807, 2.05) is 30.3 Å². The van der Waals surface area contributed by atoms with Crippen LogP contribution in [0.4, 0.5) is 5.00 Å². The highest BCUT2D eigenvalue weighted by atomic mass is 32.1. The quantitative estimate of drug-likeness (QED) is 0.630. The highest BCUT2D eigenvalue weighted by Crippen LogP contribution is 2.47. The van der Waals surface area contributed by atoms with E-state index >= 15 is 0 Å². The van der Waals surface area contributed by atoms with Crippen LogP contribution in [0.2, 0.25) is 0 Å². The molecule has 5 rings (SSSR count). The number of nitrogens with zero attached hydrogens (tertiary/aromatic N) is 2. The summed E-state index contributed by atoms with van der Waals surface area (Å²) in [5, 5.41) is 14.2. The Labute approximate surface area is 165 Å². The van der Waals surface area contributed by atoms with Gasteiger partial charge in [0.15, 0.2) is 5.78 Å². The number of thiophene rings is 1. The lowest BCUT2D eigenvalue weighted by atomic mass is 9.66. The first-order valence-electron chi connectivity index (χ1n) is 9.30. The average Bonchev–Trinajstić information content (AvgIpc) is 3.21. The first-order chi connectivity index (χ1) is 13.6. The Hall–Kier alpha value is -3.00. The summed E-state index contributed by atoms with van der Waals surface area (Å²) in [6.45, 7) is 0. The average molecular weight is 393 g/mol. The Bertz CT molecular complexity index is 1060. The van der Waals surface area contributed by atoms with Crippen LogP contribution in [0.15, 0.2) is 36.5 Å². The van der Waals surface area contributed by atoms with Crippen molar-refractivity contribution in [2.24, 2.45) is 0 Å². The molecule has 3 aromatic rings. The van der Waals surface area contributed by atoms with Crippen LogP contribution < -0.4 is 11.1 Å². The molecule has 2 aromatic heterocycles. The van der Waals surface area contributed by atoms with Crippen LogP contribution in [0, 0.1) is 0 Å². The van der Waals surface area contributed by atoms with Gasteiger partial charge < -0.3 is 11.1 Å².